The molecule has 0 radical (unpaired) electrons. The number of hydrogen-bond donors (Lipinski definition) is 4. The Morgan fingerprint density at radius 2 is 1.90 bits per heavy atom. The molecular weight excluding hydrogens is 400 g/mol. The second-order valence-corrected chi connectivity index (χ2v) is 7.82. The predicted octanol–water partition coefficient (Wildman–Crippen LogP) is 1.29. The van der Waals surface area contributed by atoms with E-state index in [1.807, 2.05) is 19.1 Å². The molecular formula is C21H22N6O4. The fourth-order valence-electron chi connectivity index (χ4n) is 3.94. The number of fused-ring (bicyclic) bond motifs is 1. The summed E-state index contributed by atoms with van der Waals surface area (Å²) in [4.78, 5) is 59.5. The summed E-state index contributed by atoms with van der Waals surface area (Å²) in [6, 6.07) is 6.53. The van der Waals surface area contributed by atoms with E-state index in [9.17, 15) is 19.2 Å². The van der Waals surface area contributed by atoms with Crippen LogP contribution >= 0.6 is 0 Å². The second-order valence-electron chi connectivity index (χ2n) is 7.82. The molecule has 1 aliphatic heterocycles. The van der Waals surface area contributed by atoms with Crippen LogP contribution in [0.4, 0.5) is 5.69 Å². The molecule has 3 amide bonds. The number of imidazole rings is 1. The molecule has 1 aromatic carbocycles. The molecule has 1 saturated heterocycles. The number of piperidine rings is 1. The number of aromatic nitrogens is 3. The topological polar surface area (TPSA) is 154 Å². The van der Waals surface area contributed by atoms with Crippen molar-refractivity contribution in [2.24, 2.45) is 11.7 Å². The zero-order valence-electron chi connectivity index (χ0n) is 16.8. The van der Waals surface area contributed by atoms with Gasteiger partial charge in [-0.25, -0.2) is 4.79 Å². The van der Waals surface area contributed by atoms with E-state index in [4.69, 9.17) is 5.73 Å². The maximum Gasteiger partial charge on any atom is 0.323 e. The van der Waals surface area contributed by atoms with Crippen LogP contribution in [-0.4, -0.2) is 44.1 Å². The van der Waals surface area contributed by atoms with Gasteiger partial charge in [0.2, 0.25) is 5.91 Å². The van der Waals surface area contributed by atoms with Crippen molar-refractivity contribution in [3.8, 4) is 0 Å². The first-order valence-electron chi connectivity index (χ1n) is 9.90. The van der Waals surface area contributed by atoms with Crippen LogP contribution in [0.2, 0.25) is 0 Å². The number of carbonyl (C=O) groups is 3. The van der Waals surface area contributed by atoms with Gasteiger partial charge in [0.05, 0.1) is 34.5 Å². The van der Waals surface area contributed by atoms with Gasteiger partial charge in [0, 0.05) is 12.7 Å². The third-order valence-corrected chi connectivity index (χ3v) is 5.48. The van der Waals surface area contributed by atoms with Gasteiger partial charge < -0.3 is 25.9 Å². The Kier molecular flexibility index (Phi) is 5.28. The van der Waals surface area contributed by atoms with E-state index in [1.54, 1.807) is 11.0 Å². The van der Waals surface area contributed by atoms with E-state index in [2.05, 4.69) is 20.3 Å². The van der Waals surface area contributed by atoms with Crippen molar-refractivity contribution >= 4 is 34.4 Å². The van der Waals surface area contributed by atoms with Crippen LogP contribution in [0.5, 0.6) is 0 Å². The van der Waals surface area contributed by atoms with Gasteiger partial charge in [-0.15, -0.1) is 0 Å². The third kappa shape index (κ3) is 4.18. The van der Waals surface area contributed by atoms with Gasteiger partial charge in [-0.05, 0) is 42.5 Å². The lowest BCUT2D eigenvalue weighted by Gasteiger charge is -2.38. The Hall–Kier alpha value is -3.95. The molecule has 0 aliphatic carbocycles. The van der Waals surface area contributed by atoms with Crippen LogP contribution in [0.15, 0.2) is 41.5 Å². The highest BCUT2D eigenvalue weighted by atomic mass is 16.2. The third-order valence-electron chi connectivity index (χ3n) is 5.48. The Labute approximate surface area is 176 Å². The Bertz CT molecular complexity index is 1230. The van der Waals surface area contributed by atoms with Crippen LogP contribution in [0.1, 0.15) is 41.7 Å². The fourth-order valence-corrected chi connectivity index (χ4v) is 3.94. The number of aromatic amines is 2. The summed E-state index contributed by atoms with van der Waals surface area (Å²) < 4.78 is 0. The van der Waals surface area contributed by atoms with Crippen LogP contribution < -0.4 is 16.7 Å². The van der Waals surface area contributed by atoms with Crippen LogP contribution in [0.25, 0.3) is 11.0 Å². The minimum atomic E-state index is -0.821. The van der Waals surface area contributed by atoms with Crippen LogP contribution in [-0.2, 0) is 9.59 Å². The summed E-state index contributed by atoms with van der Waals surface area (Å²) in [5.74, 6) is -1.94. The van der Waals surface area contributed by atoms with Crippen molar-refractivity contribution in [3.05, 3.63) is 58.3 Å². The summed E-state index contributed by atoms with van der Waals surface area (Å²) >= 11 is 0. The summed E-state index contributed by atoms with van der Waals surface area (Å²) in [5, 5.41) is 2.50. The summed E-state index contributed by atoms with van der Waals surface area (Å²) in [6.45, 7) is 2.46. The molecule has 4 rings (SSSR count). The predicted molar refractivity (Wildman–Crippen MR) is 113 cm³/mol. The molecule has 1 aliphatic rings. The normalized spacial score (nSPS) is 18.7. The lowest BCUT2D eigenvalue weighted by molar-refractivity contribution is -0.146. The molecule has 10 heteroatoms. The average Bonchev–Trinajstić information content (AvgIpc) is 3.12. The zero-order valence-corrected chi connectivity index (χ0v) is 16.8. The number of nitrogens with two attached hydrogens (primary N) is 1. The Morgan fingerprint density at radius 1 is 1.13 bits per heavy atom. The van der Waals surface area contributed by atoms with E-state index in [0.717, 1.165) is 12.0 Å². The fraction of sp³-hybridized carbons (Fsp3) is 0.286. The van der Waals surface area contributed by atoms with Gasteiger partial charge in [0.1, 0.15) is 0 Å². The maximum absolute atomic E-state index is 13.1. The van der Waals surface area contributed by atoms with Gasteiger partial charge in [-0.1, -0.05) is 13.0 Å². The molecule has 1 fully saturated rings. The molecule has 2 aromatic heterocycles. The number of amides is 3. The van der Waals surface area contributed by atoms with Gasteiger partial charge in [0.25, 0.3) is 0 Å². The largest absolute Gasteiger partial charge is 0.366 e. The average molecular weight is 422 g/mol. The van der Waals surface area contributed by atoms with E-state index >= 15 is 0 Å². The number of nitrogens with zero attached hydrogens (tertiary/aromatic N) is 2. The van der Waals surface area contributed by atoms with Gasteiger partial charge in [-0.2, -0.15) is 0 Å². The Balaban J connectivity index is 1.58. The number of carbonyl (C=O) groups excluding carboxylic acids is 3. The SMILES string of the molecule is C[C@@H]1CC[C@@H](c2ccc3[nH]c(=O)[nH]c3c2)N(C(=O)C(=O)Nc2cncc(C(N)=O)c2)C1. The number of likely N-dealkylation sites (tertiary alicyclic amines) is 1. The number of primary amides is 1. The standard InChI is InChI=1S/C21H22N6O4/c1-11-2-5-17(12-3-4-15-16(7-12)26-21(31)25-15)27(10-11)20(30)19(29)24-14-6-13(18(22)28)8-23-9-14/h3-4,6-9,11,17H,2,5,10H2,1H3,(H2,22,28)(H,24,29)(H2,25,26,31)/t11-,17+/m1/s1. The maximum atomic E-state index is 13.1. The van der Waals surface area contributed by atoms with Crippen molar-refractivity contribution < 1.29 is 14.4 Å². The van der Waals surface area contributed by atoms with Crippen molar-refractivity contribution in [2.75, 3.05) is 11.9 Å². The number of benzene rings is 1. The highest BCUT2D eigenvalue weighted by molar-refractivity contribution is 6.39. The first kappa shape index (κ1) is 20.3. The van der Waals surface area contributed by atoms with Crippen molar-refractivity contribution in [1.29, 1.82) is 0 Å². The second kappa shape index (κ2) is 8.05. The van der Waals surface area contributed by atoms with E-state index in [-0.39, 0.29) is 28.9 Å². The molecule has 0 saturated carbocycles. The molecule has 2 atom stereocenters. The smallest absolute Gasteiger partial charge is 0.323 e. The van der Waals surface area contributed by atoms with Crippen molar-refractivity contribution in [1.82, 2.24) is 19.9 Å². The zero-order chi connectivity index (χ0) is 22.1. The monoisotopic (exact) mass is 422 g/mol. The quantitative estimate of drug-likeness (QED) is 0.468. The number of hydrogen-bond acceptors (Lipinski definition) is 5. The number of rotatable bonds is 3. The van der Waals surface area contributed by atoms with Crippen molar-refractivity contribution in [3.63, 3.8) is 0 Å². The molecule has 0 unspecified atom stereocenters. The number of anilines is 1. The molecule has 10 nitrogen and oxygen atoms in total. The number of nitrogens with one attached hydrogen (secondary N) is 3. The van der Waals surface area contributed by atoms with Gasteiger partial charge in [0.15, 0.2) is 0 Å². The van der Waals surface area contributed by atoms with Gasteiger partial charge >= 0.3 is 17.5 Å². The minimum absolute atomic E-state index is 0.128. The van der Waals surface area contributed by atoms with E-state index in [1.165, 1.54) is 18.5 Å². The highest BCUT2D eigenvalue weighted by Crippen LogP contribution is 2.34. The van der Waals surface area contributed by atoms with Crippen LogP contribution in [0, 0.1) is 5.92 Å². The lowest BCUT2D eigenvalue weighted by atomic mass is 9.89. The van der Waals surface area contributed by atoms with Crippen LogP contribution in [0.3, 0.4) is 0 Å². The van der Waals surface area contributed by atoms with Crippen molar-refractivity contribution in [2.45, 2.75) is 25.8 Å². The number of pyridine rings is 1. The lowest BCUT2D eigenvalue weighted by Crippen LogP contribution is -2.46. The van der Waals surface area contributed by atoms with Gasteiger partial charge in [-0.3, -0.25) is 19.4 Å². The molecule has 5 N–H and O–H groups in total. The molecule has 160 valence electrons. The first-order valence-corrected chi connectivity index (χ1v) is 9.90. The number of H-pyrrole nitrogens is 2. The molecule has 0 bridgehead atoms. The summed E-state index contributed by atoms with van der Waals surface area (Å²) in [6.07, 6.45) is 4.22. The highest BCUT2D eigenvalue weighted by Gasteiger charge is 2.34. The molecule has 31 heavy (non-hydrogen) atoms. The summed E-state index contributed by atoms with van der Waals surface area (Å²) in [5.41, 5.74) is 7.44. The minimum Gasteiger partial charge on any atom is -0.366 e. The van der Waals surface area contributed by atoms with E-state index < -0.39 is 17.7 Å². The molecule has 3 heterocycles. The summed E-state index contributed by atoms with van der Waals surface area (Å²) in [7, 11) is 0. The van der Waals surface area contributed by atoms with E-state index in [0.29, 0.717) is 24.0 Å². The first-order chi connectivity index (χ1) is 14.8. The Morgan fingerprint density at radius 3 is 2.68 bits per heavy atom. The molecule has 3 aromatic rings. The molecule has 0 spiro atoms.